The first-order chi connectivity index (χ1) is 21.8. The Labute approximate surface area is 283 Å². The van der Waals surface area contributed by atoms with Crippen LogP contribution in [-0.2, 0) is 21.7 Å². The first-order valence-electron chi connectivity index (χ1n) is 16.9. The molecule has 0 saturated heterocycles. The highest BCUT2D eigenvalue weighted by Gasteiger charge is 2.26. The maximum absolute atomic E-state index is 5.19. The van der Waals surface area contributed by atoms with Gasteiger partial charge in [0.15, 0.2) is 0 Å². The third kappa shape index (κ3) is 7.84. The molecule has 0 fully saturated rings. The van der Waals surface area contributed by atoms with Gasteiger partial charge in [-0.25, -0.2) is 0 Å². The number of hydrogen-bond donors (Lipinski definition) is 1. The monoisotopic (exact) mass is 623 g/mol. The van der Waals surface area contributed by atoms with E-state index < -0.39 is 0 Å². The standard InChI is InChI=1S/C44H53N3/c1-41(2,3)36-25-31(26-37(46-36)42(4,5)6)34-22-17-23-35(32-27-38(43(7,8)9)47-39(28-32)44(10,11)12)40(34)45-33-21-16-20-30(24-33)29-18-14-13-15-19-29/h13-28,45H,1-12H3. The zero-order valence-corrected chi connectivity index (χ0v) is 30.6. The molecule has 1 N–H and O–H groups in total. The summed E-state index contributed by atoms with van der Waals surface area (Å²) in [5.74, 6) is 0. The molecule has 0 spiro atoms. The molecule has 2 aromatic heterocycles. The quantitative estimate of drug-likeness (QED) is 0.212. The second kappa shape index (κ2) is 12.4. The highest BCUT2D eigenvalue weighted by Crippen LogP contribution is 2.43. The van der Waals surface area contributed by atoms with Crippen LogP contribution in [-0.4, -0.2) is 9.97 Å². The van der Waals surface area contributed by atoms with Gasteiger partial charge in [-0.15, -0.1) is 0 Å². The number of para-hydroxylation sites is 1. The van der Waals surface area contributed by atoms with Crippen molar-refractivity contribution in [2.75, 3.05) is 5.32 Å². The van der Waals surface area contributed by atoms with Crippen LogP contribution in [0.3, 0.4) is 0 Å². The van der Waals surface area contributed by atoms with Gasteiger partial charge in [0.05, 0.1) is 5.69 Å². The average Bonchev–Trinajstić information content (AvgIpc) is 2.99. The Bertz CT molecular complexity index is 1710. The van der Waals surface area contributed by atoms with Gasteiger partial charge in [-0.05, 0) is 58.7 Å². The Balaban J connectivity index is 1.81. The van der Waals surface area contributed by atoms with Crippen LogP contribution in [0.15, 0.2) is 97.1 Å². The van der Waals surface area contributed by atoms with Crippen LogP contribution in [0.25, 0.3) is 33.4 Å². The minimum absolute atomic E-state index is 0.0977. The summed E-state index contributed by atoms with van der Waals surface area (Å²) in [7, 11) is 0. The lowest BCUT2D eigenvalue weighted by Gasteiger charge is -2.27. The molecule has 0 bridgehead atoms. The van der Waals surface area contributed by atoms with Gasteiger partial charge >= 0.3 is 0 Å². The van der Waals surface area contributed by atoms with Gasteiger partial charge in [0.25, 0.3) is 0 Å². The first kappa shape index (κ1) is 34.1. The summed E-state index contributed by atoms with van der Waals surface area (Å²) in [6, 6.07) is 35.1. The smallest absolute Gasteiger partial charge is 0.0543 e. The van der Waals surface area contributed by atoms with E-state index in [9.17, 15) is 0 Å². The lowest BCUT2D eigenvalue weighted by Crippen LogP contribution is -2.20. The summed E-state index contributed by atoms with van der Waals surface area (Å²) in [4.78, 5) is 10.4. The summed E-state index contributed by atoms with van der Waals surface area (Å²) in [5.41, 5.74) is 13.1. The average molecular weight is 624 g/mol. The lowest BCUT2D eigenvalue weighted by molar-refractivity contribution is 0.531. The van der Waals surface area contributed by atoms with E-state index in [0.29, 0.717) is 0 Å². The van der Waals surface area contributed by atoms with Gasteiger partial charge in [0, 0.05) is 61.2 Å². The van der Waals surface area contributed by atoms with Crippen LogP contribution in [0.2, 0.25) is 0 Å². The molecule has 3 nitrogen and oxygen atoms in total. The van der Waals surface area contributed by atoms with E-state index in [1.807, 2.05) is 0 Å². The summed E-state index contributed by atoms with van der Waals surface area (Å²) in [5, 5.41) is 3.94. The van der Waals surface area contributed by atoms with E-state index in [1.54, 1.807) is 0 Å². The fourth-order valence-electron chi connectivity index (χ4n) is 5.63. The van der Waals surface area contributed by atoms with Crippen molar-refractivity contribution in [2.45, 2.75) is 105 Å². The van der Waals surface area contributed by atoms with E-state index in [4.69, 9.17) is 9.97 Å². The number of anilines is 2. The Hall–Kier alpha value is -4.24. The zero-order chi connectivity index (χ0) is 34.4. The molecule has 5 rings (SSSR count). The third-order valence-corrected chi connectivity index (χ3v) is 8.65. The third-order valence-electron chi connectivity index (χ3n) is 8.65. The normalized spacial score (nSPS) is 12.7. The fraction of sp³-hybridized carbons (Fsp3) is 0.364. The Morgan fingerprint density at radius 1 is 0.383 bits per heavy atom. The van der Waals surface area contributed by atoms with Crippen LogP contribution in [0, 0.1) is 0 Å². The molecule has 244 valence electrons. The Morgan fingerprint density at radius 2 is 0.766 bits per heavy atom. The van der Waals surface area contributed by atoms with Crippen LogP contribution < -0.4 is 5.32 Å². The molecule has 2 heterocycles. The van der Waals surface area contributed by atoms with Gasteiger partial charge < -0.3 is 5.32 Å². The van der Waals surface area contributed by atoms with Gasteiger partial charge in [0.1, 0.15) is 0 Å². The van der Waals surface area contributed by atoms with Crippen molar-refractivity contribution in [1.82, 2.24) is 9.97 Å². The van der Waals surface area contributed by atoms with Gasteiger partial charge in [-0.3, -0.25) is 9.97 Å². The largest absolute Gasteiger partial charge is 0.354 e. The fourth-order valence-corrected chi connectivity index (χ4v) is 5.63. The molecule has 3 heteroatoms. The predicted molar refractivity (Wildman–Crippen MR) is 203 cm³/mol. The molecule has 0 radical (unpaired) electrons. The van der Waals surface area contributed by atoms with Crippen LogP contribution in [0.4, 0.5) is 11.4 Å². The molecule has 0 unspecified atom stereocenters. The van der Waals surface area contributed by atoms with Crippen molar-refractivity contribution in [3.63, 3.8) is 0 Å². The summed E-state index contributed by atoms with van der Waals surface area (Å²) in [6.07, 6.45) is 0. The van der Waals surface area contributed by atoms with E-state index in [1.165, 1.54) is 22.3 Å². The lowest BCUT2D eigenvalue weighted by atomic mass is 9.83. The summed E-state index contributed by atoms with van der Waals surface area (Å²) in [6.45, 7) is 26.9. The van der Waals surface area contributed by atoms with Crippen LogP contribution in [0.1, 0.15) is 106 Å². The van der Waals surface area contributed by atoms with E-state index in [2.05, 4.69) is 185 Å². The summed E-state index contributed by atoms with van der Waals surface area (Å²) < 4.78 is 0. The number of benzene rings is 3. The number of nitrogens with one attached hydrogen (secondary N) is 1. The van der Waals surface area contributed by atoms with Crippen molar-refractivity contribution in [1.29, 1.82) is 0 Å². The molecule has 47 heavy (non-hydrogen) atoms. The number of pyridine rings is 2. The maximum atomic E-state index is 5.19. The minimum Gasteiger partial charge on any atom is -0.354 e. The molecule has 0 aliphatic rings. The van der Waals surface area contributed by atoms with Gasteiger partial charge in [-0.1, -0.05) is 144 Å². The zero-order valence-electron chi connectivity index (χ0n) is 30.6. The second-order valence-electron chi connectivity index (χ2n) is 17.1. The minimum atomic E-state index is -0.0977. The van der Waals surface area contributed by atoms with Crippen molar-refractivity contribution in [3.8, 4) is 33.4 Å². The van der Waals surface area contributed by atoms with Gasteiger partial charge in [-0.2, -0.15) is 0 Å². The molecule has 0 amide bonds. The molecule has 5 aromatic rings. The second-order valence-corrected chi connectivity index (χ2v) is 17.1. The number of rotatable bonds is 5. The Kier molecular flexibility index (Phi) is 9.01. The first-order valence-corrected chi connectivity index (χ1v) is 16.9. The maximum Gasteiger partial charge on any atom is 0.0543 e. The van der Waals surface area contributed by atoms with E-state index >= 15 is 0 Å². The molecule has 0 saturated carbocycles. The summed E-state index contributed by atoms with van der Waals surface area (Å²) >= 11 is 0. The van der Waals surface area contributed by atoms with E-state index in [0.717, 1.165) is 45.3 Å². The number of aromatic nitrogens is 2. The van der Waals surface area contributed by atoms with Crippen molar-refractivity contribution < 1.29 is 0 Å². The molecule has 3 aromatic carbocycles. The van der Waals surface area contributed by atoms with E-state index in [-0.39, 0.29) is 21.7 Å². The topological polar surface area (TPSA) is 37.8 Å². The van der Waals surface area contributed by atoms with Crippen LogP contribution >= 0.6 is 0 Å². The molecular formula is C44H53N3. The molecule has 0 atom stereocenters. The number of nitrogens with zero attached hydrogens (tertiary/aromatic N) is 2. The van der Waals surface area contributed by atoms with Gasteiger partial charge in [0.2, 0.25) is 0 Å². The molecular weight excluding hydrogens is 571 g/mol. The number of hydrogen-bond acceptors (Lipinski definition) is 3. The SMILES string of the molecule is CC(C)(C)c1cc(-c2cccc(-c3cc(C(C)(C)C)nc(C(C)(C)C)c3)c2Nc2cccc(-c3ccccc3)c2)cc(C(C)(C)C)n1. The molecule has 0 aliphatic carbocycles. The predicted octanol–water partition coefficient (Wildman–Crippen LogP) is 12.4. The molecule has 0 aliphatic heterocycles. The van der Waals surface area contributed by atoms with Crippen molar-refractivity contribution >= 4 is 11.4 Å². The highest BCUT2D eigenvalue weighted by atomic mass is 14.9. The van der Waals surface area contributed by atoms with Crippen LogP contribution in [0.5, 0.6) is 0 Å². The van der Waals surface area contributed by atoms with Crippen molar-refractivity contribution in [3.05, 3.63) is 120 Å². The Morgan fingerprint density at radius 3 is 1.17 bits per heavy atom. The highest BCUT2D eigenvalue weighted by molar-refractivity contribution is 5.93. The van der Waals surface area contributed by atoms with Crippen molar-refractivity contribution in [2.24, 2.45) is 0 Å².